The van der Waals surface area contributed by atoms with Gasteiger partial charge in [-0.25, -0.2) is 0 Å². The molecule has 88 valence electrons. The van der Waals surface area contributed by atoms with Gasteiger partial charge in [0.25, 0.3) is 0 Å². The first-order valence-corrected chi connectivity index (χ1v) is 5.80. The molecular formula is C14H13ClO2. The maximum atomic E-state index is 9.45. The molecule has 0 radical (unpaired) electrons. The summed E-state index contributed by atoms with van der Waals surface area (Å²) in [5, 5.41) is 11.6. The number of aliphatic hydroxyl groups excluding tert-OH is 1. The summed E-state index contributed by atoms with van der Waals surface area (Å²) >= 11 is 5.43. The SMILES string of the molecule is OCc1c(OC/C=C/Cl)ccc2ccccc12. The molecule has 17 heavy (non-hydrogen) atoms. The van der Waals surface area contributed by atoms with Crippen LogP contribution in [0.2, 0.25) is 0 Å². The Morgan fingerprint density at radius 2 is 2.00 bits per heavy atom. The fourth-order valence-corrected chi connectivity index (χ4v) is 1.86. The van der Waals surface area contributed by atoms with Gasteiger partial charge >= 0.3 is 0 Å². The highest BCUT2D eigenvalue weighted by atomic mass is 35.5. The normalized spacial score (nSPS) is 11.2. The van der Waals surface area contributed by atoms with Crippen molar-refractivity contribution in [2.45, 2.75) is 6.61 Å². The molecule has 3 heteroatoms. The van der Waals surface area contributed by atoms with Crippen molar-refractivity contribution in [1.82, 2.24) is 0 Å². The van der Waals surface area contributed by atoms with Crippen LogP contribution >= 0.6 is 11.6 Å². The quantitative estimate of drug-likeness (QED) is 0.898. The molecule has 0 spiro atoms. The third-order valence-corrected chi connectivity index (χ3v) is 2.76. The summed E-state index contributed by atoms with van der Waals surface area (Å²) in [6.45, 7) is 0.357. The zero-order valence-corrected chi connectivity index (χ0v) is 10.0. The summed E-state index contributed by atoms with van der Waals surface area (Å²) < 4.78 is 5.55. The van der Waals surface area contributed by atoms with Crippen molar-refractivity contribution in [3.63, 3.8) is 0 Å². The Kier molecular flexibility index (Phi) is 4.02. The Morgan fingerprint density at radius 1 is 1.18 bits per heavy atom. The van der Waals surface area contributed by atoms with Gasteiger partial charge in [-0.1, -0.05) is 41.9 Å². The topological polar surface area (TPSA) is 29.5 Å². The molecule has 0 heterocycles. The lowest BCUT2D eigenvalue weighted by Gasteiger charge is -2.11. The van der Waals surface area contributed by atoms with Gasteiger partial charge in [-0.15, -0.1) is 0 Å². The smallest absolute Gasteiger partial charge is 0.125 e. The van der Waals surface area contributed by atoms with E-state index in [0.717, 1.165) is 16.3 Å². The maximum absolute atomic E-state index is 9.45. The number of hydrogen-bond acceptors (Lipinski definition) is 2. The van der Waals surface area contributed by atoms with Crippen molar-refractivity contribution < 1.29 is 9.84 Å². The molecule has 0 aromatic heterocycles. The molecule has 2 rings (SSSR count). The Bertz CT molecular complexity index is 535. The average molecular weight is 249 g/mol. The van der Waals surface area contributed by atoms with Gasteiger partial charge in [-0.3, -0.25) is 0 Å². The molecule has 0 atom stereocenters. The number of ether oxygens (including phenoxy) is 1. The summed E-state index contributed by atoms with van der Waals surface area (Å²) in [5.74, 6) is 0.695. The van der Waals surface area contributed by atoms with Crippen LogP contribution in [0.15, 0.2) is 48.0 Å². The highest BCUT2D eigenvalue weighted by Crippen LogP contribution is 2.28. The highest BCUT2D eigenvalue weighted by molar-refractivity contribution is 6.25. The standard InChI is InChI=1S/C14H13ClO2/c15-8-3-9-17-14-7-6-11-4-1-2-5-12(11)13(14)10-16/h1-8,16H,9-10H2/b8-3+. The third-order valence-electron chi connectivity index (χ3n) is 2.58. The predicted octanol–water partition coefficient (Wildman–Crippen LogP) is 3.46. The highest BCUT2D eigenvalue weighted by Gasteiger charge is 2.06. The van der Waals surface area contributed by atoms with Gasteiger partial charge in [0.05, 0.1) is 6.61 Å². The first kappa shape index (κ1) is 12.0. The van der Waals surface area contributed by atoms with Gasteiger partial charge < -0.3 is 9.84 Å². The van der Waals surface area contributed by atoms with Crippen molar-refractivity contribution in [2.24, 2.45) is 0 Å². The van der Waals surface area contributed by atoms with E-state index < -0.39 is 0 Å². The van der Waals surface area contributed by atoms with E-state index in [2.05, 4.69) is 0 Å². The Balaban J connectivity index is 2.42. The van der Waals surface area contributed by atoms with E-state index in [1.807, 2.05) is 36.4 Å². The van der Waals surface area contributed by atoms with Gasteiger partial charge in [-0.05, 0) is 22.9 Å². The number of aliphatic hydroxyl groups is 1. The second-order valence-corrected chi connectivity index (χ2v) is 3.85. The summed E-state index contributed by atoms with van der Waals surface area (Å²) in [6.07, 6.45) is 1.71. The van der Waals surface area contributed by atoms with Crippen molar-refractivity contribution in [1.29, 1.82) is 0 Å². The van der Waals surface area contributed by atoms with Gasteiger partial charge in [0.2, 0.25) is 0 Å². The molecule has 0 aliphatic carbocycles. The van der Waals surface area contributed by atoms with Gasteiger partial charge in [-0.2, -0.15) is 0 Å². The van der Waals surface area contributed by atoms with E-state index in [-0.39, 0.29) is 6.61 Å². The van der Waals surface area contributed by atoms with Gasteiger partial charge in [0.15, 0.2) is 0 Å². The summed E-state index contributed by atoms with van der Waals surface area (Å²) in [4.78, 5) is 0. The molecule has 0 amide bonds. The molecule has 0 aliphatic rings. The second kappa shape index (κ2) is 5.71. The Morgan fingerprint density at radius 3 is 2.76 bits per heavy atom. The lowest BCUT2D eigenvalue weighted by molar-refractivity contribution is 0.272. The summed E-state index contributed by atoms with van der Waals surface area (Å²) in [5.41, 5.74) is 2.23. The molecule has 2 aromatic rings. The van der Waals surface area contributed by atoms with Crippen LogP contribution in [0.25, 0.3) is 10.8 Å². The number of halogens is 1. The molecular weight excluding hydrogens is 236 g/mol. The Labute approximate surface area is 105 Å². The van der Waals surface area contributed by atoms with Crippen LogP contribution in [0.1, 0.15) is 5.56 Å². The zero-order chi connectivity index (χ0) is 12.1. The van der Waals surface area contributed by atoms with Crippen LogP contribution in [0, 0.1) is 0 Å². The molecule has 2 aromatic carbocycles. The fourth-order valence-electron chi connectivity index (χ4n) is 1.79. The second-order valence-electron chi connectivity index (χ2n) is 3.59. The molecule has 1 N–H and O–H groups in total. The first-order chi connectivity index (χ1) is 8.36. The molecule has 0 aliphatic heterocycles. The number of benzene rings is 2. The molecule has 0 bridgehead atoms. The van der Waals surface area contributed by atoms with E-state index in [4.69, 9.17) is 16.3 Å². The van der Waals surface area contributed by atoms with Crippen molar-refractivity contribution in [3.05, 3.63) is 53.6 Å². The molecule has 0 saturated heterocycles. The lowest BCUT2D eigenvalue weighted by Crippen LogP contribution is -1.98. The van der Waals surface area contributed by atoms with Crippen LogP contribution in [0.3, 0.4) is 0 Å². The largest absolute Gasteiger partial charge is 0.489 e. The molecule has 0 fully saturated rings. The zero-order valence-electron chi connectivity index (χ0n) is 9.27. The maximum Gasteiger partial charge on any atom is 0.125 e. The summed E-state index contributed by atoms with van der Waals surface area (Å²) in [6, 6.07) is 11.8. The van der Waals surface area contributed by atoms with Crippen LogP contribution in [-0.2, 0) is 6.61 Å². The van der Waals surface area contributed by atoms with Crippen molar-refractivity contribution in [3.8, 4) is 5.75 Å². The van der Waals surface area contributed by atoms with Gasteiger partial charge in [0.1, 0.15) is 12.4 Å². The van der Waals surface area contributed by atoms with E-state index in [1.54, 1.807) is 6.08 Å². The average Bonchev–Trinajstić information content (AvgIpc) is 2.38. The van der Waals surface area contributed by atoms with E-state index in [1.165, 1.54) is 5.54 Å². The van der Waals surface area contributed by atoms with E-state index in [0.29, 0.717) is 12.4 Å². The lowest BCUT2D eigenvalue weighted by atomic mass is 10.0. The van der Waals surface area contributed by atoms with Crippen LogP contribution in [0.5, 0.6) is 5.75 Å². The first-order valence-electron chi connectivity index (χ1n) is 5.36. The van der Waals surface area contributed by atoms with Crippen LogP contribution in [0.4, 0.5) is 0 Å². The fraction of sp³-hybridized carbons (Fsp3) is 0.143. The third kappa shape index (κ3) is 2.60. The minimum atomic E-state index is -0.0404. The predicted molar refractivity (Wildman–Crippen MR) is 70.4 cm³/mol. The van der Waals surface area contributed by atoms with Crippen LogP contribution < -0.4 is 4.74 Å². The monoisotopic (exact) mass is 248 g/mol. The van der Waals surface area contributed by atoms with Crippen molar-refractivity contribution in [2.75, 3.05) is 6.61 Å². The number of fused-ring (bicyclic) bond motifs is 1. The van der Waals surface area contributed by atoms with Crippen molar-refractivity contribution >= 4 is 22.4 Å². The van der Waals surface area contributed by atoms with E-state index >= 15 is 0 Å². The summed E-state index contributed by atoms with van der Waals surface area (Å²) in [7, 11) is 0. The number of rotatable bonds is 4. The molecule has 0 unspecified atom stereocenters. The van der Waals surface area contributed by atoms with E-state index in [9.17, 15) is 5.11 Å². The molecule has 2 nitrogen and oxygen atoms in total. The minimum Gasteiger partial charge on any atom is -0.489 e. The van der Waals surface area contributed by atoms with Gasteiger partial charge in [0, 0.05) is 11.1 Å². The number of hydrogen-bond donors (Lipinski definition) is 1. The van der Waals surface area contributed by atoms with Crippen LogP contribution in [-0.4, -0.2) is 11.7 Å². The Hall–Kier alpha value is -1.51. The molecule has 0 saturated carbocycles. The minimum absolute atomic E-state index is 0.0404.